The highest BCUT2D eigenvalue weighted by atomic mass is 35.5. The normalized spacial score (nSPS) is 22.4. The van der Waals surface area contributed by atoms with Crippen molar-refractivity contribution >= 4 is 11.6 Å². The van der Waals surface area contributed by atoms with Crippen molar-refractivity contribution in [2.75, 3.05) is 26.2 Å². The predicted molar refractivity (Wildman–Crippen MR) is 75.9 cm³/mol. The van der Waals surface area contributed by atoms with Crippen molar-refractivity contribution in [3.8, 4) is 0 Å². The van der Waals surface area contributed by atoms with Crippen LogP contribution in [0.5, 0.6) is 0 Å². The highest BCUT2D eigenvalue weighted by molar-refractivity contribution is 6.30. The highest BCUT2D eigenvalue weighted by Crippen LogP contribution is 2.41. The lowest BCUT2D eigenvalue weighted by molar-refractivity contribution is 0.157. The molecule has 1 aliphatic carbocycles. The molecule has 0 radical (unpaired) electrons. The minimum Gasteiger partial charge on any atom is -0.314 e. The van der Waals surface area contributed by atoms with E-state index < -0.39 is 0 Å². The van der Waals surface area contributed by atoms with Gasteiger partial charge in [0, 0.05) is 37.8 Å². The Morgan fingerprint density at radius 1 is 1.32 bits per heavy atom. The first-order chi connectivity index (χ1) is 9.25. The molecule has 1 N–H and O–H groups in total. The zero-order valence-electron chi connectivity index (χ0n) is 11.0. The molecule has 1 saturated carbocycles. The number of rotatable bonds is 4. The van der Waals surface area contributed by atoms with Gasteiger partial charge in [-0.15, -0.1) is 0 Å². The average Bonchev–Trinajstić information content (AvgIpc) is 3.25. The summed E-state index contributed by atoms with van der Waals surface area (Å²) in [7, 11) is 0. The largest absolute Gasteiger partial charge is 0.314 e. The van der Waals surface area contributed by atoms with Gasteiger partial charge < -0.3 is 5.32 Å². The van der Waals surface area contributed by atoms with E-state index in [2.05, 4.69) is 10.2 Å². The molecule has 0 unspecified atom stereocenters. The van der Waals surface area contributed by atoms with Gasteiger partial charge in [0.25, 0.3) is 0 Å². The molecule has 1 aromatic carbocycles. The molecule has 1 saturated heterocycles. The van der Waals surface area contributed by atoms with Gasteiger partial charge in [0.2, 0.25) is 0 Å². The molecule has 0 spiro atoms. The molecule has 1 aromatic rings. The quantitative estimate of drug-likeness (QED) is 0.912. The van der Waals surface area contributed by atoms with Crippen LogP contribution in [0.3, 0.4) is 0 Å². The number of halogens is 2. The summed E-state index contributed by atoms with van der Waals surface area (Å²) in [6.07, 6.45) is 3.66. The summed E-state index contributed by atoms with van der Waals surface area (Å²) in [5.41, 5.74) is 0.779. The summed E-state index contributed by atoms with van der Waals surface area (Å²) in [4.78, 5) is 2.41. The van der Waals surface area contributed by atoms with Gasteiger partial charge in [0.05, 0.1) is 5.02 Å². The summed E-state index contributed by atoms with van der Waals surface area (Å²) in [6, 6.07) is 5.58. The molecule has 1 aliphatic heterocycles. The fourth-order valence-corrected chi connectivity index (χ4v) is 3.10. The Kier molecular flexibility index (Phi) is 4.06. The van der Waals surface area contributed by atoms with Crippen LogP contribution in [0.1, 0.15) is 30.9 Å². The summed E-state index contributed by atoms with van der Waals surface area (Å²) in [6.45, 7) is 3.96. The van der Waals surface area contributed by atoms with Crippen LogP contribution in [-0.2, 0) is 0 Å². The molecule has 3 rings (SSSR count). The van der Waals surface area contributed by atoms with E-state index in [4.69, 9.17) is 11.6 Å². The molecule has 0 amide bonds. The van der Waals surface area contributed by atoms with Gasteiger partial charge in [-0.3, -0.25) is 4.90 Å². The molecule has 2 fully saturated rings. The third kappa shape index (κ3) is 3.10. The number of hydrogen-bond donors (Lipinski definition) is 1. The SMILES string of the molecule is Fc1c(Cl)cccc1[C@H](CC1CC1)N1CCNCC1. The minimum atomic E-state index is -0.228. The Morgan fingerprint density at radius 2 is 2.05 bits per heavy atom. The molecule has 0 aromatic heterocycles. The Labute approximate surface area is 118 Å². The molecule has 1 heterocycles. The Hall–Kier alpha value is -0.640. The van der Waals surface area contributed by atoms with Crippen LogP contribution in [-0.4, -0.2) is 31.1 Å². The fraction of sp³-hybridized carbons (Fsp3) is 0.600. The van der Waals surface area contributed by atoms with Gasteiger partial charge >= 0.3 is 0 Å². The lowest BCUT2D eigenvalue weighted by Crippen LogP contribution is -2.45. The monoisotopic (exact) mass is 282 g/mol. The van der Waals surface area contributed by atoms with Gasteiger partial charge in [-0.25, -0.2) is 4.39 Å². The van der Waals surface area contributed by atoms with Crippen LogP contribution < -0.4 is 5.32 Å². The maximum Gasteiger partial charge on any atom is 0.146 e. The van der Waals surface area contributed by atoms with Crippen molar-refractivity contribution in [1.29, 1.82) is 0 Å². The molecule has 2 nitrogen and oxygen atoms in total. The average molecular weight is 283 g/mol. The van der Waals surface area contributed by atoms with E-state index in [1.165, 1.54) is 12.8 Å². The lowest BCUT2D eigenvalue weighted by atomic mass is 9.98. The molecule has 1 atom stereocenters. The molecular weight excluding hydrogens is 263 g/mol. The molecule has 4 heteroatoms. The van der Waals surface area contributed by atoms with Crippen molar-refractivity contribution in [2.45, 2.75) is 25.3 Å². The molecule has 2 aliphatic rings. The first-order valence-corrected chi connectivity index (χ1v) is 7.52. The van der Waals surface area contributed by atoms with E-state index >= 15 is 0 Å². The smallest absolute Gasteiger partial charge is 0.146 e. The van der Waals surface area contributed by atoms with Gasteiger partial charge in [-0.2, -0.15) is 0 Å². The van der Waals surface area contributed by atoms with Crippen molar-refractivity contribution in [3.63, 3.8) is 0 Å². The lowest BCUT2D eigenvalue weighted by Gasteiger charge is -2.35. The first kappa shape index (κ1) is 13.3. The van der Waals surface area contributed by atoms with Crippen LogP contribution in [0.25, 0.3) is 0 Å². The minimum absolute atomic E-state index is 0.188. The topological polar surface area (TPSA) is 15.3 Å². The standard InChI is InChI=1S/C15H20ClFN2/c16-13-3-1-2-12(15(13)17)14(10-11-4-5-11)19-8-6-18-7-9-19/h1-3,11,14,18H,4-10H2/t14-/m0/s1. The number of benzene rings is 1. The second kappa shape index (κ2) is 5.78. The van der Waals surface area contributed by atoms with Gasteiger partial charge in [-0.05, 0) is 18.4 Å². The molecule has 0 bridgehead atoms. The summed E-state index contributed by atoms with van der Waals surface area (Å²) >= 11 is 5.94. The molecule has 104 valence electrons. The van der Waals surface area contributed by atoms with Gasteiger partial charge in [0.15, 0.2) is 0 Å². The number of nitrogens with zero attached hydrogens (tertiary/aromatic N) is 1. The van der Waals surface area contributed by atoms with Crippen LogP contribution in [0, 0.1) is 11.7 Å². The van der Waals surface area contributed by atoms with E-state index in [9.17, 15) is 4.39 Å². The van der Waals surface area contributed by atoms with E-state index in [-0.39, 0.29) is 16.9 Å². The van der Waals surface area contributed by atoms with Crippen molar-refractivity contribution in [1.82, 2.24) is 10.2 Å². The van der Waals surface area contributed by atoms with Crippen molar-refractivity contribution in [3.05, 3.63) is 34.6 Å². The summed E-state index contributed by atoms with van der Waals surface area (Å²) in [5, 5.41) is 3.60. The molecular formula is C15H20ClFN2. The second-order valence-electron chi connectivity index (χ2n) is 5.62. The van der Waals surface area contributed by atoms with Crippen LogP contribution in [0.15, 0.2) is 18.2 Å². The zero-order chi connectivity index (χ0) is 13.2. The van der Waals surface area contributed by atoms with Crippen LogP contribution in [0.2, 0.25) is 5.02 Å². The Bertz CT molecular complexity index is 442. The number of hydrogen-bond acceptors (Lipinski definition) is 2. The molecule has 19 heavy (non-hydrogen) atoms. The maximum atomic E-state index is 14.3. The maximum absolute atomic E-state index is 14.3. The van der Waals surface area contributed by atoms with E-state index in [0.717, 1.165) is 44.1 Å². The third-order valence-electron chi connectivity index (χ3n) is 4.19. The van der Waals surface area contributed by atoms with Crippen LogP contribution in [0.4, 0.5) is 4.39 Å². The van der Waals surface area contributed by atoms with E-state index in [1.807, 2.05) is 12.1 Å². The van der Waals surface area contributed by atoms with Crippen molar-refractivity contribution < 1.29 is 4.39 Å². The second-order valence-corrected chi connectivity index (χ2v) is 6.03. The third-order valence-corrected chi connectivity index (χ3v) is 4.48. The highest BCUT2D eigenvalue weighted by Gasteiger charge is 2.32. The Balaban J connectivity index is 1.86. The van der Waals surface area contributed by atoms with Crippen molar-refractivity contribution in [2.24, 2.45) is 5.92 Å². The van der Waals surface area contributed by atoms with Gasteiger partial charge in [0.1, 0.15) is 5.82 Å². The summed E-state index contributed by atoms with van der Waals surface area (Å²) < 4.78 is 14.3. The van der Waals surface area contributed by atoms with Crippen LogP contribution >= 0.6 is 11.6 Å². The Morgan fingerprint density at radius 3 is 2.74 bits per heavy atom. The predicted octanol–water partition coefficient (Wildman–Crippen LogP) is 3.23. The van der Waals surface area contributed by atoms with Gasteiger partial charge in [-0.1, -0.05) is 36.6 Å². The van der Waals surface area contributed by atoms with E-state index in [1.54, 1.807) is 6.07 Å². The zero-order valence-corrected chi connectivity index (χ0v) is 11.8. The fourth-order valence-electron chi connectivity index (χ4n) is 2.91. The number of nitrogens with one attached hydrogen (secondary N) is 1. The number of piperazine rings is 1. The van der Waals surface area contributed by atoms with E-state index in [0.29, 0.717) is 0 Å². The summed E-state index contributed by atoms with van der Waals surface area (Å²) in [5.74, 6) is 0.548. The first-order valence-electron chi connectivity index (χ1n) is 7.14.